The van der Waals surface area contributed by atoms with Crippen LogP contribution in [-0.4, -0.2) is 71.6 Å². The van der Waals surface area contributed by atoms with Crippen molar-refractivity contribution in [3.05, 3.63) is 90.0 Å². The predicted molar refractivity (Wildman–Crippen MR) is 159 cm³/mol. The molecule has 4 amide bonds. The Kier molecular flexibility index (Phi) is 9.97. The largest absolute Gasteiger partial charge is 0.488 e. The number of likely N-dealkylation sites (N-methyl/N-ethyl adjacent to an activating group) is 1. The zero-order valence-electron chi connectivity index (χ0n) is 23.7. The SMILES string of the molecule is C[C@@H]1CN([C@H](C)CO)C(=O)Cc2cc(NC(=O)Cc3ccccc3)ccc2O[C@H]1CN(C)C(=O)Nc1ccccc1. The molecule has 0 saturated carbocycles. The number of carbonyl (C=O) groups is 3. The minimum atomic E-state index is -0.446. The molecule has 3 aromatic carbocycles. The third-order valence-corrected chi connectivity index (χ3v) is 7.23. The van der Waals surface area contributed by atoms with E-state index in [0.29, 0.717) is 29.2 Å². The van der Waals surface area contributed by atoms with Crippen molar-refractivity contribution in [3.8, 4) is 5.75 Å². The van der Waals surface area contributed by atoms with Crippen molar-refractivity contribution in [2.24, 2.45) is 5.92 Å². The summed E-state index contributed by atoms with van der Waals surface area (Å²) >= 11 is 0. The van der Waals surface area contributed by atoms with Gasteiger partial charge in [0.15, 0.2) is 0 Å². The average Bonchev–Trinajstić information content (AvgIpc) is 3.01. The number of nitrogens with one attached hydrogen (secondary N) is 2. The Bertz CT molecular complexity index is 1330. The van der Waals surface area contributed by atoms with Crippen LogP contribution in [0.15, 0.2) is 78.9 Å². The molecule has 0 spiro atoms. The lowest BCUT2D eigenvalue weighted by molar-refractivity contribution is -0.134. The molecule has 1 heterocycles. The van der Waals surface area contributed by atoms with Gasteiger partial charge >= 0.3 is 6.03 Å². The lowest BCUT2D eigenvalue weighted by Gasteiger charge is -2.34. The number of nitrogens with zero attached hydrogens (tertiary/aromatic N) is 2. The molecule has 3 aromatic rings. The number of rotatable bonds is 8. The first-order valence-corrected chi connectivity index (χ1v) is 13.8. The van der Waals surface area contributed by atoms with Crippen molar-refractivity contribution in [1.82, 2.24) is 9.80 Å². The molecular weight excluding hydrogens is 520 g/mol. The van der Waals surface area contributed by atoms with Gasteiger partial charge in [0, 0.05) is 36.4 Å². The van der Waals surface area contributed by atoms with E-state index in [1.807, 2.05) is 67.6 Å². The molecular formula is C32H38N4O5. The van der Waals surface area contributed by atoms with E-state index in [1.165, 1.54) is 0 Å². The van der Waals surface area contributed by atoms with E-state index in [-0.39, 0.29) is 55.8 Å². The van der Waals surface area contributed by atoms with Gasteiger partial charge in [0.1, 0.15) is 11.9 Å². The fourth-order valence-corrected chi connectivity index (χ4v) is 4.80. The Balaban J connectivity index is 1.56. The number of hydrogen-bond acceptors (Lipinski definition) is 5. The van der Waals surface area contributed by atoms with Crippen molar-refractivity contribution in [3.63, 3.8) is 0 Å². The minimum Gasteiger partial charge on any atom is -0.488 e. The highest BCUT2D eigenvalue weighted by molar-refractivity contribution is 5.93. The van der Waals surface area contributed by atoms with Gasteiger partial charge in [-0.1, -0.05) is 55.5 Å². The van der Waals surface area contributed by atoms with Gasteiger partial charge in [-0.05, 0) is 42.8 Å². The van der Waals surface area contributed by atoms with Crippen molar-refractivity contribution < 1.29 is 24.2 Å². The van der Waals surface area contributed by atoms with E-state index in [1.54, 1.807) is 42.0 Å². The van der Waals surface area contributed by atoms with Crippen molar-refractivity contribution in [2.45, 2.75) is 38.8 Å². The summed E-state index contributed by atoms with van der Waals surface area (Å²) in [6, 6.07) is 23.3. The van der Waals surface area contributed by atoms with Crippen LogP contribution in [0.3, 0.4) is 0 Å². The van der Waals surface area contributed by atoms with Gasteiger partial charge in [0.05, 0.1) is 32.0 Å². The summed E-state index contributed by atoms with van der Waals surface area (Å²) in [5.74, 6) is 0.0501. The number of urea groups is 1. The smallest absolute Gasteiger partial charge is 0.321 e. The topological polar surface area (TPSA) is 111 Å². The fourth-order valence-electron chi connectivity index (χ4n) is 4.80. The summed E-state index contributed by atoms with van der Waals surface area (Å²) in [5, 5.41) is 15.7. The molecule has 9 heteroatoms. The third kappa shape index (κ3) is 8.08. The van der Waals surface area contributed by atoms with Crippen LogP contribution in [0.25, 0.3) is 0 Å². The van der Waals surface area contributed by atoms with Crippen LogP contribution in [0.2, 0.25) is 0 Å². The Hall–Kier alpha value is -4.37. The van der Waals surface area contributed by atoms with E-state index in [0.717, 1.165) is 5.56 Å². The Morgan fingerprint density at radius 1 is 1.02 bits per heavy atom. The van der Waals surface area contributed by atoms with E-state index in [9.17, 15) is 19.5 Å². The lowest BCUT2D eigenvalue weighted by Crippen LogP contribution is -2.48. The van der Waals surface area contributed by atoms with Crippen LogP contribution in [-0.2, 0) is 22.4 Å². The monoisotopic (exact) mass is 558 g/mol. The first-order valence-electron chi connectivity index (χ1n) is 13.8. The molecule has 1 aliphatic heterocycles. The maximum Gasteiger partial charge on any atom is 0.321 e. The average molecular weight is 559 g/mol. The lowest BCUT2D eigenvalue weighted by atomic mass is 10.0. The molecule has 3 N–H and O–H groups in total. The zero-order chi connectivity index (χ0) is 29.4. The standard InChI is InChI=1S/C32H38N4O5/c1-22-19-36(23(2)21-37)31(39)18-25-17-27(33-30(38)16-24-10-6-4-7-11-24)14-15-28(25)41-29(22)20-35(3)32(40)34-26-12-8-5-9-13-26/h4-15,17,22-23,29,37H,16,18-21H2,1-3H3,(H,33,38)(H,34,40)/t22-,23-,29+/m1/s1. The zero-order valence-corrected chi connectivity index (χ0v) is 23.7. The van der Waals surface area contributed by atoms with Gasteiger partial charge in [0.25, 0.3) is 0 Å². The summed E-state index contributed by atoms with van der Waals surface area (Å²) in [5.41, 5.74) is 2.77. The van der Waals surface area contributed by atoms with Gasteiger partial charge in [-0.2, -0.15) is 0 Å². The second-order valence-electron chi connectivity index (χ2n) is 10.6. The molecule has 0 radical (unpaired) electrons. The number of anilines is 2. The Morgan fingerprint density at radius 2 is 1.71 bits per heavy atom. The van der Waals surface area contributed by atoms with Gasteiger partial charge < -0.3 is 30.3 Å². The fraction of sp³-hybridized carbons (Fsp3) is 0.344. The molecule has 0 aromatic heterocycles. The first kappa shape index (κ1) is 29.6. The Morgan fingerprint density at radius 3 is 2.39 bits per heavy atom. The normalized spacial score (nSPS) is 17.7. The molecule has 4 rings (SSSR count). The van der Waals surface area contributed by atoms with Crippen molar-refractivity contribution >= 4 is 29.2 Å². The van der Waals surface area contributed by atoms with E-state index in [4.69, 9.17) is 4.74 Å². The second-order valence-corrected chi connectivity index (χ2v) is 10.6. The highest BCUT2D eigenvalue weighted by Gasteiger charge is 2.32. The van der Waals surface area contributed by atoms with Crippen LogP contribution in [0.5, 0.6) is 5.75 Å². The second kappa shape index (κ2) is 13.8. The molecule has 0 fully saturated rings. The first-order chi connectivity index (χ1) is 19.7. The molecule has 1 aliphatic rings. The number of aliphatic hydroxyl groups excluding tert-OH is 1. The van der Waals surface area contributed by atoms with Crippen LogP contribution >= 0.6 is 0 Å². The predicted octanol–water partition coefficient (Wildman–Crippen LogP) is 4.18. The molecule has 9 nitrogen and oxygen atoms in total. The number of benzene rings is 3. The van der Waals surface area contributed by atoms with Crippen molar-refractivity contribution in [2.75, 3.05) is 37.4 Å². The number of carbonyl (C=O) groups excluding carboxylic acids is 3. The summed E-state index contributed by atoms with van der Waals surface area (Å²) in [4.78, 5) is 42.3. The highest BCUT2D eigenvalue weighted by Crippen LogP contribution is 2.29. The highest BCUT2D eigenvalue weighted by atomic mass is 16.5. The number of fused-ring (bicyclic) bond motifs is 1. The van der Waals surface area contributed by atoms with Crippen LogP contribution < -0.4 is 15.4 Å². The van der Waals surface area contributed by atoms with E-state index in [2.05, 4.69) is 10.6 Å². The molecule has 0 aliphatic carbocycles. The number of aliphatic hydroxyl groups is 1. The summed E-state index contributed by atoms with van der Waals surface area (Å²) in [6.45, 7) is 4.23. The maximum atomic E-state index is 13.4. The van der Waals surface area contributed by atoms with Crippen LogP contribution in [0.4, 0.5) is 16.2 Å². The minimum absolute atomic E-state index is 0.0475. The number of para-hydroxylation sites is 1. The quantitative estimate of drug-likeness (QED) is 0.384. The molecule has 41 heavy (non-hydrogen) atoms. The molecule has 0 saturated heterocycles. The van der Waals surface area contributed by atoms with Gasteiger partial charge in [-0.3, -0.25) is 9.59 Å². The molecule has 216 valence electrons. The molecule has 3 atom stereocenters. The number of ether oxygens (including phenoxy) is 1. The van der Waals surface area contributed by atoms with Gasteiger partial charge in [-0.25, -0.2) is 4.79 Å². The van der Waals surface area contributed by atoms with Crippen LogP contribution in [0.1, 0.15) is 25.0 Å². The van der Waals surface area contributed by atoms with Crippen LogP contribution in [0, 0.1) is 5.92 Å². The summed E-state index contributed by atoms with van der Waals surface area (Å²) in [7, 11) is 1.70. The van der Waals surface area contributed by atoms with Gasteiger partial charge in [0.2, 0.25) is 11.8 Å². The maximum absolute atomic E-state index is 13.4. The molecule has 0 unspecified atom stereocenters. The third-order valence-electron chi connectivity index (χ3n) is 7.23. The van der Waals surface area contributed by atoms with Gasteiger partial charge in [-0.15, -0.1) is 0 Å². The number of hydrogen-bond donors (Lipinski definition) is 3. The summed E-state index contributed by atoms with van der Waals surface area (Å²) in [6.07, 6.45) is -0.170. The number of amides is 4. The Labute approximate surface area is 241 Å². The summed E-state index contributed by atoms with van der Waals surface area (Å²) < 4.78 is 6.49. The molecule has 0 bridgehead atoms. The van der Waals surface area contributed by atoms with Crippen molar-refractivity contribution in [1.29, 1.82) is 0 Å². The van der Waals surface area contributed by atoms with E-state index >= 15 is 0 Å². The van der Waals surface area contributed by atoms with E-state index < -0.39 is 6.10 Å².